The van der Waals surface area contributed by atoms with Crippen molar-refractivity contribution in [2.24, 2.45) is 5.92 Å². The summed E-state index contributed by atoms with van der Waals surface area (Å²) in [7, 11) is 0. The average Bonchev–Trinajstić information content (AvgIpc) is 2.89. The number of amides is 3. The maximum absolute atomic E-state index is 14.1. The minimum atomic E-state index is -1.05. The fourth-order valence-electron chi connectivity index (χ4n) is 3.96. The van der Waals surface area contributed by atoms with Crippen molar-refractivity contribution >= 4 is 17.9 Å². The fourth-order valence-corrected chi connectivity index (χ4v) is 3.96. The van der Waals surface area contributed by atoms with E-state index in [0.29, 0.717) is 17.5 Å². The van der Waals surface area contributed by atoms with E-state index in [1.165, 1.54) is 4.90 Å². The van der Waals surface area contributed by atoms with Crippen LogP contribution in [0.5, 0.6) is 0 Å². The van der Waals surface area contributed by atoms with Crippen LogP contribution in [0.2, 0.25) is 0 Å². The van der Waals surface area contributed by atoms with Crippen LogP contribution in [0.3, 0.4) is 0 Å². The second-order valence-electron chi connectivity index (χ2n) is 10.1. The summed E-state index contributed by atoms with van der Waals surface area (Å²) in [5, 5.41) is 5.68. The molecule has 3 unspecified atom stereocenters. The summed E-state index contributed by atoms with van der Waals surface area (Å²) in [6, 6.07) is 14.5. The van der Waals surface area contributed by atoms with Crippen molar-refractivity contribution in [1.82, 2.24) is 15.5 Å². The second kappa shape index (κ2) is 14.0. The van der Waals surface area contributed by atoms with Gasteiger partial charge < -0.3 is 20.3 Å². The Kier molecular flexibility index (Phi) is 11.1. The molecular weight excluding hydrogens is 478 g/mol. The normalized spacial score (nSPS) is 13.3. The average molecular weight is 518 g/mol. The summed E-state index contributed by atoms with van der Waals surface area (Å²) in [5.74, 6) is 1.56. The molecule has 202 valence electrons. The van der Waals surface area contributed by atoms with Crippen LogP contribution in [0.25, 0.3) is 0 Å². The molecule has 7 heteroatoms. The SMILES string of the molecule is C#Cc1ccccc1C(C(=O)NCc1ccccc1)N(CC=C)C(=O)C(NC(=O)OC(C)(C)C)C(C)CC. The number of hydrogen-bond donors (Lipinski definition) is 2. The minimum Gasteiger partial charge on any atom is -0.444 e. The molecule has 0 aromatic heterocycles. The Balaban J connectivity index is 2.51. The summed E-state index contributed by atoms with van der Waals surface area (Å²) in [5.41, 5.74) is 1.18. The highest BCUT2D eigenvalue weighted by Crippen LogP contribution is 2.27. The van der Waals surface area contributed by atoms with Gasteiger partial charge in [-0.2, -0.15) is 0 Å². The van der Waals surface area contributed by atoms with E-state index in [1.54, 1.807) is 51.1 Å². The number of terminal acetylenes is 1. The van der Waals surface area contributed by atoms with Gasteiger partial charge in [-0.05, 0) is 43.9 Å². The van der Waals surface area contributed by atoms with Crippen LogP contribution in [-0.4, -0.2) is 41.0 Å². The molecule has 0 saturated carbocycles. The molecule has 0 radical (unpaired) electrons. The molecule has 7 nitrogen and oxygen atoms in total. The smallest absolute Gasteiger partial charge is 0.408 e. The van der Waals surface area contributed by atoms with E-state index >= 15 is 0 Å². The molecule has 38 heavy (non-hydrogen) atoms. The van der Waals surface area contributed by atoms with Crippen molar-refractivity contribution in [2.75, 3.05) is 6.54 Å². The summed E-state index contributed by atoms with van der Waals surface area (Å²) in [6.07, 6.45) is 7.24. The van der Waals surface area contributed by atoms with Crippen molar-refractivity contribution in [3.63, 3.8) is 0 Å². The molecule has 0 bridgehead atoms. The number of nitrogens with one attached hydrogen (secondary N) is 2. The molecule has 0 aliphatic rings. The Morgan fingerprint density at radius 1 is 1.11 bits per heavy atom. The lowest BCUT2D eigenvalue weighted by molar-refractivity contribution is -0.142. The van der Waals surface area contributed by atoms with Crippen molar-refractivity contribution in [3.8, 4) is 12.3 Å². The van der Waals surface area contributed by atoms with Gasteiger partial charge in [0.2, 0.25) is 11.8 Å². The quantitative estimate of drug-likeness (QED) is 0.325. The number of rotatable bonds is 11. The predicted octanol–water partition coefficient (Wildman–Crippen LogP) is 4.98. The van der Waals surface area contributed by atoms with Gasteiger partial charge in [-0.25, -0.2) is 4.79 Å². The van der Waals surface area contributed by atoms with E-state index in [0.717, 1.165) is 5.56 Å². The molecule has 0 aliphatic heterocycles. The topological polar surface area (TPSA) is 87.7 Å². The zero-order chi connectivity index (χ0) is 28.3. The van der Waals surface area contributed by atoms with Crippen LogP contribution in [0.1, 0.15) is 63.8 Å². The first-order valence-electron chi connectivity index (χ1n) is 12.8. The molecule has 0 saturated heterocycles. The number of alkyl carbamates (subject to hydrolysis) is 1. The maximum Gasteiger partial charge on any atom is 0.408 e. The number of ether oxygens (including phenoxy) is 1. The van der Waals surface area contributed by atoms with Gasteiger partial charge in [-0.15, -0.1) is 13.0 Å². The van der Waals surface area contributed by atoms with Gasteiger partial charge in [0.1, 0.15) is 17.7 Å². The van der Waals surface area contributed by atoms with E-state index in [4.69, 9.17) is 11.2 Å². The van der Waals surface area contributed by atoms with Crippen LogP contribution in [-0.2, 0) is 20.9 Å². The van der Waals surface area contributed by atoms with Gasteiger partial charge in [0, 0.05) is 18.7 Å². The number of carbonyl (C=O) groups is 3. The van der Waals surface area contributed by atoms with Gasteiger partial charge in [0.15, 0.2) is 0 Å². The first-order chi connectivity index (χ1) is 18.0. The highest BCUT2D eigenvalue weighted by molar-refractivity contribution is 5.92. The lowest BCUT2D eigenvalue weighted by Crippen LogP contribution is -2.55. The van der Waals surface area contributed by atoms with Crippen molar-refractivity contribution in [2.45, 2.75) is 65.3 Å². The van der Waals surface area contributed by atoms with Gasteiger partial charge in [-0.1, -0.05) is 80.8 Å². The summed E-state index contributed by atoms with van der Waals surface area (Å²) >= 11 is 0. The molecule has 2 rings (SSSR count). The van der Waals surface area contributed by atoms with Crippen molar-refractivity contribution in [3.05, 3.63) is 83.9 Å². The van der Waals surface area contributed by atoms with Crippen LogP contribution in [0.4, 0.5) is 4.79 Å². The standard InChI is InChI=1S/C31H39N3O4/c1-8-20-34(29(36)26(22(4)9-2)33-30(37)38-31(5,6)7)27(25-19-15-14-18-24(25)10-3)28(35)32-21-23-16-12-11-13-17-23/h3,8,11-19,22,26-27H,1,9,20-21H2,2,4-7H3,(H,32,35)(H,33,37). The Morgan fingerprint density at radius 3 is 2.32 bits per heavy atom. The summed E-state index contributed by atoms with van der Waals surface area (Å²) in [6.45, 7) is 13.2. The molecule has 2 aromatic rings. The van der Waals surface area contributed by atoms with Crippen LogP contribution >= 0.6 is 0 Å². The highest BCUT2D eigenvalue weighted by atomic mass is 16.6. The molecule has 3 atom stereocenters. The maximum atomic E-state index is 14.1. The van der Waals surface area contributed by atoms with Crippen LogP contribution < -0.4 is 10.6 Å². The largest absolute Gasteiger partial charge is 0.444 e. The minimum absolute atomic E-state index is 0.0596. The van der Waals surface area contributed by atoms with Gasteiger partial charge in [0.25, 0.3) is 0 Å². The van der Waals surface area contributed by atoms with Crippen molar-refractivity contribution in [1.29, 1.82) is 0 Å². The van der Waals surface area contributed by atoms with Gasteiger partial charge >= 0.3 is 6.09 Å². The molecule has 0 fully saturated rings. The number of nitrogens with zero attached hydrogens (tertiary/aromatic N) is 1. The molecule has 3 amide bonds. The Morgan fingerprint density at radius 2 is 1.74 bits per heavy atom. The number of carbonyl (C=O) groups excluding carboxylic acids is 3. The Bertz CT molecular complexity index is 1150. The lowest BCUT2D eigenvalue weighted by atomic mass is 9.94. The highest BCUT2D eigenvalue weighted by Gasteiger charge is 2.38. The Labute approximate surface area is 226 Å². The number of benzene rings is 2. The van der Waals surface area contributed by atoms with Crippen LogP contribution in [0.15, 0.2) is 67.3 Å². The molecular formula is C31H39N3O4. The van der Waals surface area contributed by atoms with Gasteiger partial charge in [0.05, 0.1) is 0 Å². The van der Waals surface area contributed by atoms with E-state index in [1.807, 2.05) is 44.2 Å². The van der Waals surface area contributed by atoms with E-state index in [-0.39, 0.29) is 19.0 Å². The molecule has 2 N–H and O–H groups in total. The third-order valence-corrected chi connectivity index (χ3v) is 6.04. The van der Waals surface area contributed by atoms with Gasteiger partial charge in [-0.3, -0.25) is 9.59 Å². The Hall–Kier alpha value is -4.05. The zero-order valence-corrected chi connectivity index (χ0v) is 23.0. The zero-order valence-electron chi connectivity index (χ0n) is 23.0. The van der Waals surface area contributed by atoms with E-state index in [9.17, 15) is 14.4 Å². The molecule has 0 heterocycles. The second-order valence-corrected chi connectivity index (χ2v) is 10.1. The molecule has 0 aliphatic carbocycles. The van der Waals surface area contributed by atoms with Crippen LogP contribution in [0, 0.1) is 18.3 Å². The van der Waals surface area contributed by atoms with Crippen molar-refractivity contribution < 1.29 is 19.1 Å². The fraction of sp³-hybridized carbons (Fsp3) is 0.387. The third-order valence-electron chi connectivity index (χ3n) is 6.04. The predicted molar refractivity (Wildman–Crippen MR) is 150 cm³/mol. The third kappa shape index (κ3) is 8.52. The molecule has 0 spiro atoms. The van der Waals surface area contributed by atoms with E-state index in [2.05, 4.69) is 23.1 Å². The number of hydrogen-bond acceptors (Lipinski definition) is 4. The molecule has 2 aromatic carbocycles. The summed E-state index contributed by atoms with van der Waals surface area (Å²) < 4.78 is 5.42. The first kappa shape index (κ1) is 30.2. The first-order valence-corrected chi connectivity index (χ1v) is 12.8. The monoisotopic (exact) mass is 517 g/mol. The van der Waals surface area contributed by atoms with E-state index < -0.39 is 35.6 Å². The summed E-state index contributed by atoms with van der Waals surface area (Å²) in [4.78, 5) is 42.0. The lowest BCUT2D eigenvalue weighted by Gasteiger charge is -2.35.